The van der Waals surface area contributed by atoms with Crippen LogP contribution >= 0.6 is 0 Å². The van der Waals surface area contributed by atoms with E-state index in [1.807, 2.05) is 12.1 Å². The van der Waals surface area contributed by atoms with E-state index < -0.39 is 5.63 Å². The Labute approximate surface area is 170 Å². The lowest BCUT2D eigenvalue weighted by Gasteiger charge is -2.31. The third-order valence-corrected chi connectivity index (χ3v) is 5.89. The number of benzene rings is 1. The van der Waals surface area contributed by atoms with Crippen LogP contribution in [0, 0.1) is 6.92 Å². The molecule has 0 radical (unpaired) electrons. The number of carbonyl (C=O) groups excluding carboxylic acids is 1. The lowest BCUT2D eigenvalue weighted by atomic mass is 9.95. The molecule has 1 fully saturated rings. The van der Waals surface area contributed by atoms with Crippen molar-refractivity contribution in [3.8, 4) is 0 Å². The van der Waals surface area contributed by atoms with Gasteiger partial charge in [0.2, 0.25) is 0 Å². The zero-order valence-electron chi connectivity index (χ0n) is 16.9. The normalized spacial score (nSPS) is 17.1. The van der Waals surface area contributed by atoms with Gasteiger partial charge in [0.05, 0.1) is 0 Å². The van der Waals surface area contributed by atoms with Gasteiger partial charge in [0.25, 0.3) is 5.91 Å². The van der Waals surface area contributed by atoms with E-state index in [-0.39, 0.29) is 17.4 Å². The smallest absolute Gasteiger partial charge is 0.349 e. The van der Waals surface area contributed by atoms with Crippen molar-refractivity contribution in [2.45, 2.75) is 38.5 Å². The van der Waals surface area contributed by atoms with Gasteiger partial charge in [-0.2, -0.15) is 0 Å². The molecule has 0 saturated carbocycles. The molecule has 0 unspecified atom stereocenters. The van der Waals surface area contributed by atoms with Gasteiger partial charge in [-0.3, -0.25) is 4.79 Å². The highest BCUT2D eigenvalue weighted by Crippen LogP contribution is 2.27. The van der Waals surface area contributed by atoms with Gasteiger partial charge in [-0.1, -0.05) is 18.2 Å². The largest absolute Gasteiger partial charge is 0.427 e. The van der Waals surface area contributed by atoms with Gasteiger partial charge in [-0.05, 0) is 55.9 Å². The first-order chi connectivity index (χ1) is 14.1. The number of carbonyl (C=O) groups is 1. The van der Waals surface area contributed by atoms with Crippen molar-refractivity contribution in [2.24, 2.45) is 0 Å². The molecule has 0 aliphatic carbocycles. The van der Waals surface area contributed by atoms with Gasteiger partial charge < -0.3 is 19.4 Å². The number of amides is 1. The summed E-state index contributed by atoms with van der Waals surface area (Å²) in [6.45, 7) is 5.33. The third kappa shape index (κ3) is 4.37. The van der Waals surface area contributed by atoms with Gasteiger partial charge in [0.15, 0.2) is 0 Å². The zero-order chi connectivity index (χ0) is 20.2. The lowest BCUT2D eigenvalue weighted by Crippen LogP contribution is -2.39. The molecule has 0 atom stereocenters. The number of para-hydroxylation sites is 1. The topological polar surface area (TPSA) is 71.8 Å². The summed E-state index contributed by atoms with van der Waals surface area (Å²) in [6.07, 6.45) is 3.89. The Morgan fingerprint density at radius 1 is 1.24 bits per heavy atom. The van der Waals surface area contributed by atoms with Crippen molar-refractivity contribution in [3.05, 3.63) is 63.2 Å². The fraction of sp³-hybridized carbons (Fsp3) is 0.478. The van der Waals surface area contributed by atoms with E-state index in [0.717, 1.165) is 32.2 Å². The predicted molar refractivity (Wildman–Crippen MR) is 112 cm³/mol. The van der Waals surface area contributed by atoms with Crippen molar-refractivity contribution < 1.29 is 13.9 Å². The van der Waals surface area contributed by atoms with Crippen molar-refractivity contribution >= 4 is 11.6 Å². The summed E-state index contributed by atoms with van der Waals surface area (Å²) in [5.41, 5.74) is 2.82. The van der Waals surface area contributed by atoms with Crippen LogP contribution in [-0.2, 0) is 11.2 Å². The molecule has 1 amide bonds. The molecule has 154 valence electrons. The Balaban J connectivity index is 1.39. The van der Waals surface area contributed by atoms with E-state index in [2.05, 4.69) is 28.4 Å². The molecular formula is C23H28N2O4. The van der Waals surface area contributed by atoms with E-state index in [4.69, 9.17) is 9.15 Å². The number of fused-ring (bicyclic) bond motifs is 1. The lowest BCUT2D eigenvalue weighted by molar-refractivity contribution is 0.0795. The summed E-state index contributed by atoms with van der Waals surface area (Å²) >= 11 is 0. The maximum atomic E-state index is 12.7. The molecule has 1 aromatic heterocycles. The Morgan fingerprint density at radius 3 is 2.83 bits per heavy atom. The second kappa shape index (κ2) is 8.82. The van der Waals surface area contributed by atoms with Gasteiger partial charge in [0, 0.05) is 44.5 Å². The molecule has 1 N–H and O–H groups in total. The maximum absolute atomic E-state index is 12.7. The molecular weight excluding hydrogens is 368 g/mol. The fourth-order valence-corrected chi connectivity index (χ4v) is 4.33. The molecule has 4 rings (SSSR count). The summed E-state index contributed by atoms with van der Waals surface area (Å²) in [6, 6.07) is 10.2. The Kier molecular flexibility index (Phi) is 6.00. The first-order valence-corrected chi connectivity index (χ1v) is 10.5. The van der Waals surface area contributed by atoms with E-state index in [1.54, 1.807) is 6.92 Å². The Hall–Kier alpha value is -2.60. The number of aryl methyl sites for hydroxylation is 2. The second-order valence-corrected chi connectivity index (χ2v) is 7.86. The molecule has 29 heavy (non-hydrogen) atoms. The number of hydrogen-bond acceptors (Lipinski definition) is 5. The monoisotopic (exact) mass is 396 g/mol. The van der Waals surface area contributed by atoms with Crippen molar-refractivity contribution in [3.63, 3.8) is 0 Å². The van der Waals surface area contributed by atoms with Crippen molar-refractivity contribution in [1.29, 1.82) is 0 Å². The number of nitrogens with zero attached hydrogens (tertiary/aromatic N) is 1. The molecule has 6 nitrogen and oxygen atoms in total. The highest BCUT2D eigenvalue weighted by Gasteiger charge is 2.23. The van der Waals surface area contributed by atoms with Crippen LogP contribution in [0.2, 0.25) is 0 Å². The summed E-state index contributed by atoms with van der Waals surface area (Å²) in [5.74, 6) is 0.490. The molecule has 1 saturated heterocycles. The summed E-state index contributed by atoms with van der Waals surface area (Å²) in [7, 11) is 0. The van der Waals surface area contributed by atoms with E-state index in [0.29, 0.717) is 37.6 Å². The highest BCUT2D eigenvalue weighted by molar-refractivity contribution is 5.95. The van der Waals surface area contributed by atoms with E-state index >= 15 is 0 Å². The quantitative estimate of drug-likeness (QED) is 0.841. The SMILES string of the molecule is Cc1cc(C2CCOCC2)oc(=O)c1C(=O)NCCN1CCCc2ccccc21. The second-order valence-electron chi connectivity index (χ2n) is 7.86. The Morgan fingerprint density at radius 2 is 2.03 bits per heavy atom. The van der Waals surface area contributed by atoms with Gasteiger partial charge in [-0.15, -0.1) is 0 Å². The minimum atomic E-state index is -0.549. The van der Waals surface area contributed by atoms with Crippen LogP contribution in [0.15, 0.2) is 39.5 Å². The minimum absolute atomic E-state index is 0.111. The first kappa shape index (κ1) is 19.7. The number of rotatable bonds is 5. The van der Waals surface area contributed by atoms with Crippen LogP contribution in [0.25, 0.3) is 0 Å². The maximum Gasteiger partial charge on any atom is 0.349 e. The number of anilines is 1. The van der Waals surface area contributed by atoms with Gasteiger partial charge >= 0.3 is 5.63 Å². The van der Waals surface area contributed by atoms with E-state index in [1.165, 1.54) is 11.3 Å². The Bertz CT molecular complexity index is 931. The van der Waals surface area contributed by atoms with Crippen LogP contribution in [0.4, 0.5) is 5.69 Å². The fourth-order valence-electron chi connectivity index (χ4n) is 4.33. The van der Waals surface area contributed by atoms with Crippen LogP contribution < -0.4 is 15.8 Å². The minimum Gasteiger partial charge on any atom is -0.427 e. The number of hydrogen-bond donors (Lipinski definition) is 1. The highest BCUT2D eigenvalue weighted by atomic mass is 16.5. The molecule has 0 bridgehead atoms. The molecule has 6 heteroatoms. The van der Waals surface area contributed by atoms with Crippen molar-refractivity contribution in [2.75, 3.05) is 37.7 Å². The molecule has 2 aromatic rings. The van der Waals surface area contributed by atoms with Crippen molar-refractivity contribution in [1.82, 2.24) is 5.32 Å². The average molecular weight is 396 g/mol. The molecule has 0 spiro atoms. The number of nitrogens with one attached hydrogen (secondary N) is 1. The van der Waals surface area contributed by atoms with Crippen LogP contribution in [0.5, 0.6) is 0 Å². The molecule has 2 aliphatic rings. The van der Waals surface area contributed by atoms with Gasteiger partial charge in [-0.25, -0.2) is 4.79 Å². The third-order valence-electron chi connectivity index (χ3n) is 5.89. The zero-order valence-corrected chi connectivity index (χ0v) is 16.9. The standard InChI is InChI=1S/C23H28N2O4/c1-16-15-20(18-8-13-28-14-9-18)29-23(27)21(16)22(26)24-10-12-25-11-4-6-17-5-2-3-7-19(17)25/h2-3,5,7,15,18H,4,6,8-14H2,1H3,(H,24,26). The number of ether oxygens (including phenoxy) is 1. The van der Waals surface area contributed by atoms with Gasteiger partial charge in [0.1, 0.15) is 11.3 Å². The molecule has 1 aromatic carbocycles. The predicted octanol–water partition coefficient (Wildman–Crippen LogP) is 3.02. The van der Waals surface area contributed by atoms with Crippen LogP contribution in [0.3, 0.4) is 0 Å². The molecule has 2 aliphatic heterocycles. The molecule has 3 heterocycles. The first-order valence-electron chi connectivity index (χ1n) is 10.5. The van der Waals surface area contributed by atoms with E-state index in [9.17, 15) is 9.59 Å². The van der Waals surface area contributed by atoms with Crippen LogP contribution in [0.1, 0.15) is 52.4 Å². The summed E-state index contributed by atoms with van der Waals surface area (Å²) in [4.78, 5) is 27.5. The summed E-state index contributed by atoms with van der Waals surface area (Å²) in [5, 5.41) is 2.90. The summed E-state index contributed by atoms with van der Waals surface area (Å²) < 4.78 is 10.9. The van der Waals surface area contributed by atoms with Crippen LogP contribution in [-0.4, -0.2) is 38.8 Å². The average Bonchev–Trinajstić information content (AvgIpc) is 2.74.